The van der Waals surface area contributed by atoms with Gasteiger partial charge in [-0.1, -0.05) is 0 Å². The third-order valence-corrected chi connectivity index (χ3v) is 5.79. The van der Waals surface area contributed by atoms with Gasteiger partial charge in [0.2, 0.25) is 20.0 Å². The van der Waals surface area contributed by atoms with Gasteiger partial charge in [0.05, 0.1) is 5.75 Å². The van der Waals surface area contributed by atoms with Gasteiger partial charge in [0.1, 0.15) is 10.7 Å². The number of nitrogens with one attached hydrogen (secondary N) is 2. The number of hydrogen-bond acceptors (Lipinski definition) is 6. The first-order valence-corrected chi connectivity index (χ1v) is 8.82. The average Bonchev–Trinajstić information content (AvgIpc) is 2.38. The molecule has 0 fully saturated rings. The summed E-state index contributed by atoms with van der Waals surface area (Å²) in [6, 6.07) is 2.91. The van der Waals surface area contributed by atoms with Crippen molar-refractivity contribution in [3.8, 4) is 0 Å². The summed E-state index contributed by atoms with van der Waals surface area (Å²) in [7, 11) is -2.74. The molecular formula is C10H18N4O4S2. The summed E-state index contributed by atoms with van der Waals surface area (Å²) in [5, 5.41) is 2.77. The molecule has 1 aromatic heterocycles. The van der Waals surface area contributed by atoms with Crippen LogP contribution in [0.25, 0.3) is 0 Å². The van der Waals surface area contributed by atoms with E-state index in [1.165, 1.54) is 32.4 Å². The lowest BCUT2D eigenvalue weighted by atomic mass is 10.5. The Morgan fingerprint density at radius 1 is 1.20 bits per heavy atom. The fraction of sp³-hybridized carbons (Fsp3) is 0.500. The van der Waals surface area contributed by atoms with Crippen LogP contribution in [-0.2, 0) is 20.0 Å². The van der Waals surface area contributed by atoms with Gasteiger partial charge in [-0.3, -0.25) is 0 Å². The molecule has 1 aromatic rings. The van der Waals surface area contributed by atoms with Gasteiger partial charge in [0, 0.05) is 33.9 Å². The van der Waals surface area contributed by atoms with E-state index in [0.717, 1.165) is 4.31 Å². The Balaban J connectivity index is 2.71. The number of pyridine rings is 1. The number of anilines is 1. The molecule has 0 unspecified atom stereocenters. The van der Waals surface area contributed by atoms with Crippen LogP contribution < -0.4 is 10.0 Å². The summed E-state index contributed by atoms with van der Waals surface area (Å²) in [5.74, 6) is 0.237. The smallest absolute Gasteiger partial charge is 0.242 e. The molecule has 0 amide bonds. The third-order valence-electron chi connectivity index (χ3n) is 2.51. The van der Waals surface area contributed by atoms with Crippen molar-refractivity contribution in [1.82, 2.24) is 14.0 Å². The molecular weight excluding hydrogens is 304 g/mol. The van der Waals surface area contributed by atoms with E-state index in [-0.39, 0.29) is 17.2 Å². The summed E-state index contributed by atoms with van der Waals surface area (Å²) in [6.07, 6.45) is 1.20. The maximum Gasteiger partial charge on any atom is 0.242 e. The highest BCUT2D eigenvalue weighted by molar-refractivity contribution is 7.90. The van der Waals surface area contributed by atoms with E-state index in [1.807, 2.05) is 0 Å². The van der Waals surface area contributed by atoms with Crippen LogP contribution in [0.3, 0.4) is 0 Å². The zero-order valence-corrected chi connectivity index (χ0v) is 13.1. The molecule has 1 heterocycles. The van der Waals surface area contributed by atoms with E-state index in [2.05, 4.69) is 15.0 Å². The molecule has 2 N–H and O–H groups in total. The zero-order valence-electron chi connectivity index (χ0n) is 11.5. The molecule has 114 valence electrons. The Labute approximate surface area is 119 Å². The quantitative estimate of drug-likeness (QED) is 0.687. The summed E-state index contributed by atoms with van der Waals surface area (Å²) in [5.41, 5.74) is 0. The van der Waals surface area contributed by atoms with E-state index in [0.29, 0.717) is 5.82 Å². The molecule has 0 radical (unpaired) electrons. The Hall–Kier alpha value is -1.23. The van der Waals surface area contributed by atoms with Crippen LogP contribution in [0.4, 0.5) is 5.82 Å². The molecule has 1 rings (SSSR count). The topological polar surface area (TPSA) is 108 Å². The average molecular weight is 322 g/mol. The summed E-state index contributed by atoms with van der Waals surface area (Å²) < 4.78 is 50.1. The number of sulfonamides is 2. The number of hydrogen-bond donors (Lipinski definition) is 2. The van der Waals surface area contributed by atoms with Crippen LogP contribution in [0.5, 0.6) is 0 Å². The SMILES string of the molecule is CNc1ccc(S(=O)(=O)NCCS(=O)(=O)N(C)C)cn1. The first kappa shape index (κ1) is 16.8. The summed E-state index contributed by atoms with van der Waals surface area (Å²) in [6.45, 7) is -0.198. The van der Waals surface area contributed by atoms with Gasteiger partial charge < -0.3 is 5.32 Å². The predicted octanol–water partition coefficient (Wildman–Crippen LogP) is -0.707. The lowest BCUT2D eigenvalue weighted by molar-refractivity contribution is 0.519. The molecule has 0 spiro atoms. The van der Waals surface area contributed by atoms with Crippen molar-refractivity contribution < 1.29 is 16.8 Å². The Morgan fingerprint density at radius 2 is 1.85 bits per heavy atom. The molecule has 0 aliphatic heterocycles. The molecule has 8 nitrogen and oxygen atoms in total. The van der Waals surface area contributed by atoms with Gasteiger partial charge in [0.25, 0.3) is 0 Å². The van der Waals surface area contributed by atoms with Crippen molar-refractivity contribution in [2.45, 2.75) is 4.90 Å². The Bertz CT molecular complexity index is 638. The molecule has 0 atom stereocenters. The van der Waals surface area contributed by atoms with Crippen LogP contribution in [0.15, 0.2) is 23.2 Å². The second kappa shape index (κ2) is 6.48. The number of rotatable bonds is 7. The minimum absolute atomic E-state index is 0.0150. The van der Waals surface area contributed by atoms with E-state index < -0.39 is 20.0 Å². The number of aromatic nitrogens is 1. The molecule has 0 aliphatic carbocycles. The van der Waals surface area contributed by atoms with Crippen molar-refractivity contribution >= 4 is 25.9 Å². The molecule has 20 heavy (non-hydrogen) atoms. The lowest BCUT2D eigenvalue weighted by Gasteiger charge is -2.11. The van der Waals surface area contributed by atoms with Crippen LogP contribution >= 0.6 is 0 Å². The highest BCUT2D eigenvalue weighted by Crippen LogP contribution is 2.09. The minimum Gasteiger partial charge on any atom is -0.373 e. The van der Waals surface area contributed by atoms with Crippen LogP contribution in [0.2, 0.25) is 0 Å². The van der Waals surface area contributed by atoms with Crippen molar-refractivity contribution in [3.05, 3.63) is 18.3 Å². The van der Waals surface area contributed by atoms with E-state index >= 15 is 0 Å². The monoisotopic (exact) mass is 322 g/mol. The molecule has 0 aliphatic rings. The predicted molar refractivity (Wildman–Crippen MR) is 76.4 cm³/mol. The van der Waals surface area contributed by atoms with Crippen molar-refractivity contribution in [2.75, 3.05) is 38.8 Å². The molecule has 0 saturated heterocycles. The molecule has 10 heteroatoms. The number of nitrogens with zero attached hydrogens (tertiary/aromatic N) is 2. The first-order valence-electron chi connectivity index (χ1n) is 5.73. The van der Waals surface area contributed by atoms with Crippen LogP contribution in [0.1, 0.15) is 0 Å². The first-order chi connectivity index (χ1) is 9.19. The van der Waals surface area contributed by atoms with Gasteiger partial charge in [-0.15, -0.1) is 0 Å². The largest absolute Gasteiger partial charge is 0.373 e. The molecule has 0 aromatic carbocycles. The van der Waals surface area contributed by atoms with Gasteiger partial charge in [-0.2, -0.15) is 0 Å². The van der Waals surface area contributed by atoms with Crippen molar-refractivity contribution in [3.63, 3.8) is 0 Å². The Kier molecular flexibility index (Phi) is 5.45. The van der Waals surface area contributed by atoms with Gasteiger partial charge >= 0.3 is 0 Å². The van der Waals surface area contributed by atoms with Gasteiger partial charge in [-0.25, -0.2) is 30.8 Å². The standard InChI is InChI=1S/C10H18N4O4S2/c1-11-10-5-4-9(8-12-10)20(17,18)13-6-7-19(15,16)14(2)3/h4-5,8,13H,6-7H2,1-3H3,(H,11,12). The second-order valence-corrected chi connectivity index (χ2v) is 8.19. The van der Waals surface area contributed by atoms with Gasteiger partial charge in [0.15, 0.2) is 0 Å². The highest BCUT2D eigenvalue weighted by Gasteiger charge is 2.18. The van der Waals surface area contributed by atoms with Crippen molar-refractivity contribution in [1.29, 1.82) is 0 Å². The second-order valence-electron chi connectivity index (χ2n) is 4.13. The van der Waals surface area contributed by atoms with E-state index in [4.69, 9.17) is 0 Å². The van der Waals surface area contributed by atoms with E-state index in [1.54, 1.807) is 7.05 Å². The zero-order chi connectivity index (χ0) is 15.4. The van der Waals surface area contributed by atoms with E-state index in [9.17, 15) is 16.8 Å². The van der Waals surface area contributed by atoms with Crippen molar-refractivity contribution in [2.24, 2.45) is 0 Å². The summed E-state index contributed by atoms with van der Waals surface area (Å²) in [4.78, 5) is 3.88. The molecule has 0 bridgehead atoms. The van der Waals surface area contributed by atoms with Crippen LogP contribution in [0, 0.1) is 0 Å². The minimum atomic E-state index is -3.76. The fourth-order valence-corrected chi connectivity index (χ4v) is 3.09. The molecule has 0 saturated carbocycles. The maximum absolute atomic E-state index is 11.9. The normalized spacial score (nSPS) is 12.6. The Morgan fingerprint density at radius 3 is 2.30 bits per heavy atom. The lowest BCUT2D eigenvalue weighted by Crippen LogP contribution is -2.33. The summed E-state index contributed by atoms with van der Waals surface area (Å²) >= 11 is 0. The fourth-order valence-electron chi connectivity index (χ4n) is 1.26. The highest BCUT2D eigenvalue weighted by atomic mass is 32.2. The maximum atomic E-state index is 11.9. The third kappa shape index (κ3) is 4.40. The van der Waals surface area contributed by atoms with Gasteiger partial charge in [-0.05, 0) is 12.1 Å². The van der Waals surface area contributed by atoms with Crippen LogP contribution in [-0.4, -0.2) is 59.6 Å².